The average molecular weight is 185 g/mol. The van der Waals surface area contributed by atoms with Crippen LogP contribution in [-0.4, -0.2) is 41.9 Å². The third kappa shape index (κ3) is 2.01. The summed E-state index contributed by atoms with van der Waals surface area (Å²) in [5.41, 5.74) is 0. The van der Waals surface area contributed by atoms with Crippen LogP contribution in [0.1, 0.15) is 12.8 Å². The molecule has 13 heavy (non-hydrogen) atoms. The first kappa shape index (κ1) is 10.1. The van der Waals surface area contributed by atoms with E-state index in [-0.39, 0.29) is 12.1 Å². The van der Waals surface area contributed by atoms with Gasteiger partial charge in [0.25, 0.3) is 0 Å². The van der Waals surface area contributed by atoms with Crippen LogP contribution < -0.4 is 0 Å². The Kier molecular flexibility index (Phi) is 3.31. The lowest BCUT2D eigenvalue weighted by molar-refractivity contribution is 0.0898. The lowest BCUT2D eigenvalue weighted by Gasteiger charge is -2.23. The van der Waals surface area contributed by atoms with Gasteiger partial charge in [0, 0.05) is 6.54 Å². The lowest BCUT2D eigenvalue weighted by atomic mass is 10.1. The summed E-state index contributed by atoms with van der Waals surface area (Å²) < 4.78 is 4.60. The quantitative estimate of drug-likeness (QED) is 0.646. The standard InChI is InChI=1S/C9H15NO3/c1-3-4-7-8(11)5-6-10(7)9(12)13-2/h3,7-8,11H,1,4-6H2,2H3/t7-,8-/m1/s1. The maximum Gasteiger partial charge on any atom is 0.409 e. The van der Waals surface area contributed by atoms with Gasteiger partial charge < -0.3 is 14.7 Å². The first-order valence-electron chi connectivity index (χ1n) is 4.34. The van der Waals surface area contributed by atoms with E-state index in [0.29, 0.717) is 19.4 Å². The third-order valence-electron chi connectivity index (χ3n) is 2.33. The van der Waals surface area contributed by atoms with Gasteiger partial charge in [0.1, 0.15) is 0 Å². The van der Waals surface area contributed by atoms with Crippen molar-refractivity contribution in [2.24, 2.45) is 0 Å². The van der Waals surface area contributed by atoms with E-state index in [1.165, 1.54) is 7.11 Å². The van der Waals surface area contributed by atoms with Crippen LogP contribution in [0.5, 0.6) is 0 Å². The molecule has 4 heteroatoms. The summed E-state index contributed by atoms with van der Waals surface area (Å²) in [5.74, 6) is 0. The highest BCUT2D eigenvalue weighted by atomic mass is 16.5. The van der Waals surface area contributed by atoms with Gasteiger partial charge in [-0.1, -0.05) is 6.08 Å². The molecule has 0 aromatic rings. The van der Waals surface area contributed by atoms with Gasteiger partial charge in [-0.2, -0.15) is 0 Å². The number of likely N-dealkylation sites (tertiary alicyclic amines) is 1. The molecule has 1 heterocycles. The summed E-state index contributed by atoms with van der Waals surface area (Å²) in [7, 11) is 1.35. The zero-order valence-corrected chi connectivity index (χ0v) is 7.77. The topological polar surface area (TPSA) is 49.8 Å². The Morgan fingerprint density at radius 1 is 1.85 bits per heavy atom. The van der Waals surface area contributed by atoms with Crippen molar-refractivity contribution in [1.29, 1.82) is 0 Å². The molecule has 1 aliphatic heterocycles. The Labute approximate surface area is 77.8 Å². The molecular formula is C9H15NO3. The maximum atomic E-state index is 11.2. The van der Waals surface area contributed by atoms with Crippen LogP contribution in [0.25, 0.3) is 0 Å². The Hall–Kier alpha value is -1.03. The molecule has 0 unspecified atom stereocenters. The van der Waals surface area contributed by atoms with Crippen LogP contribution in [-0.2, 0) is 4.74 Å². The predicted octanol–water partition coefficient (Wildman–Crippen LogP) is 0.764. The fraction of sp³-hybridized carbons (Fsp3) is 0.667. The summed E-state index contributed by atoms with van der Waals surface area (Å²) in [4.78, 5) is 12.8. The minimum Gasteiger partial charge on any atom is -0.453 e. The molecule has 0 radical (unpaired) electrons. The van der Waals surface area contributed by atoms with Crippen LogP contribution in [0.15, 0.2) is 12.7 Å². The minimum absolute atomic E-state index is 0.162. The molecular weight excluding hydrogens is 170 g/mol. The van der Waals surface area contributed by atoms with Crippen molar-refractivity contribution in [2.75, 3.05) is 13.7 Å². The summed E-state index contributed by atoms with van der Waals surface area (Å²) in [6, 6.07) is -0.162. The predicted molar refractivity (Wildman–Crippen MR) is 48.3 cm³/mol. The zero-order chi connectivity index (χ0) is 9.84. The molecule has 74 valence electrons. The summed E-state index contributed by atoms with van der Waals surface area (Å²) >= 11 is 0. The SMILES string of the molecule is C=CC[C@@H]1[C@H](O)CCN1C(=O)OC. The van der Waals surface area contributed by atoms with Crippen LogP contribution in [0, 0.1) is 0 Å². The summed E-state index contributed by atoms with van der Waals surface area (Å²) in [5, 5.41) is 9.54. The van der Waals surface area contributed by atoms with Gasteiger partial charge in [-0.3, -0.25) is 0 Å². The highest BCUT2D eigenvalue weighted by Gasteiger charge is 2.35. The number of ether oxygens (including phenoxy) is 1. The van der Waals surface area contributed by atoms with Gasteiger partial charge in [0.15, 0.2) is 0 Å². The Morgan fingerprint density at radius 2 is 2.54 bits per heavy atom. The number of nitrogens with zero attached hydrogens (tertiary/aromatic N) is 1. The summed E-state index contributed by atoms with van der Waals surface area (Å²) in [6.45, 7) is 4.15. The molecule has 4 nitrogen and oxygen atoms in total. The van der Waals surface area contributed by atoms with Crippen molar-refractivity contribution in [1.82, 2.24) is 4.90 Å². The molecule has 0 aromatic carbocycles. The number of methoxy groups -OCH3 is 1. The van der Waals surface area contributed by atoms with Gasteiger partial charge in [-0.25, -0.2) is 4.79 Å². The molecule has 2 atom stereocenters. The molecule has 1 N–H and O–H groups in total. The van der Waals surface area contributed by atoms with Crippen molar-refractivity contribution in [3.05, 3.63) is 12.7 Å². The van der Waals surface area contributed by atoms with Crippen LogP contribution in [0.4, 0.5) is 4.79 Å². The number of amides is 1. The van der Waals surface area contributed by atoms with E-state index in [2.05, 4.69) is 11.3 Å². The number of carbonyl (C=O) groups is 1. The normalized spacial score (nSPS) is 27.4. The molecule has 0 aromatic heterocycles. The first-order valence-corrected chi connectivity index (χ1v) is 4.34. The number of carbonyl (C=O) groups excluding carboxylic acids is 1. The van der Waals surface area contributed by atoms with E-state index < -0.39 is 6.10 Å². The maximum absolute atomic E-state index is 11.2. The van der Waals surface area contributed by atoms with Crippen LogP contribution in [0.2, 0.25) is 0 Å². The molecule has 0 spiro atoms. The van der Waals surface area contributed by atoms with Crippen LogP contribution in [0.3, 0.4) is 0 Å². The zero-order valence-electron chi connectivity index (χ0n) is 7.77. The highest BCUT2D eigenvalue weighted by molar-refractivity contribution is 5.68. The van der Waals surface area contributed by atoms with Crippen LogP contribution >= 0.6 is 0 Å². The first-order chi connectivity index (χ1) is 6.20. The largest absolute Gasteiger partial charge is 0.453 e. The second-order valence-electron chi connectivity index (χ2n) is 3.11. The third-order valence-corrected chi connectivity index (χ3v) is 2.33. The van der Waals surface area contributed by atoms with Gasteiger partial charge in [-0.15, -0.1) is 6.58 Å². The second-order valence-corrected chi connectivity index (χ2v) is 3.11. The monoisotopic (exact) mass is 185 g/mol. The van der Waals surface area contributed by atoms with E-state index in [1.807, 2.05) is 0 Å². The van der Waals surface area contributed by atoms with Gasteiger partial charge in [0.2, 0.25) is 0 Å². The number of hydrogen-bond acceptors (Lipinski definition) is 3. The van der Waals surface area contributed by atoms with Crippen molar-refractivity contribution < 1.29 is 14.6 Å². The van der Waals surface area contributed by atoms with Crippen molar-refractivity contribution in [3.8, 4) is 0 Å². The average Bonchev–Trinajstić information content (AvgIpc) is 2.48. The molecule has 1 saturated heterocycles. The Bertz CT molecular complexity index is 205. The van der Waals surface area contributed by atoms with Gasteiger partial charge in [0.05, 0.1) is 19.3 Å². The van der Waals surface area contributed by atoms with Gasteiger partial charge >= 0.3 is 6.09 Å². The number of aliphatic hydroxyl groups is 1. The van der Waals surface area contributed by atoms with Gasteiger partial charge in [-0.05, 0) is 12.8 Å². The van der Waals surface area contributed by atoms with Crippen molar-refractivity contribution in [2.45, 2.75) is 25.0 Å². The minimum atomic E-state index is -0.447. The molecule has 1 amide bonds. The fourth-order valence-corrected chi connectivity index (χ4v) is 1.64. The van der Waals surface area contributed by atoms with E-state index >= 15 is 0 Å². The molecule has 0 saturated carbocycles. The van der Waals surface area contributed by atoms with E-state index in [9.17, 15) is 9.90 Å². The molecule has 0 aliphatic carbocycles. The number of hydrogen-bond donors (Lipinski definition) is 1. The summed E-state index contributed by atoms with van der Waals surface area (Å²) in [6.07, 6.45) is 2.11. The van der Waals surface area contributed by atoms with E-state index in [4.69, 9.17) is 0 Å². The Morgan fingerprint density at radius 3 is 3.08 bits per heavy atom. The molecule has 0 bridgehead atoms. The molecule has 1 rings (SSSR count). The van der Waals surface area contributed by atoms with Crippen molar-refractivity contribution >= 4 is 6.09 Å². The number of rotatable bonds is 2. The van der Waals surface area contributed by atoms with Crippen molar-refractivity contribution in [3.63, 3.8) is 0 Å². The highest BCUT2D eigenvalue weighted by Crippen LogP contribution is 2.21. The van der Waals surface area contributed by atoms with E-state index in [0.717, 1.165) is 0 Å². The molecule has 1 aliphatic rings. The van der Waals surface area contributed by atoms with E-state index in [1.54, 1.807) is 11.0 Å². The number of aliphatic hydroxyl groups excluding tert-OH is 1. The second kappa shape index (κ2) is 4.28. The fourth-order valence-electron chi connectivity index (χ4n) is 1.64. The molecule has 1 fully saturated rings. The lowest BCUT2D eigenvalue weighted by Crippen LogP contribution is -2.39. The Balaban J connectivity index is 2.63. The smallest absolute Gasteiger partial charge is 0.409 e.